The molecule has 2 heterocycles. The summed E-state index contributed by atoms with van der Waals surface area (Å²) < 4.78 is 0. The van der Waals surface area contributed by atoms with Gasteiger partial charge >= 0.3 is 0 Å². The zero-order valence-electron chi connectivity index (χ0n) is 16.5. The molecule has 0 spiro atoms. The van der Waals surface area contributed by atoms with Gasteiger partial charge in [0.15, 0.2) is 5.13 Å². The van der Waals surface area contributed by atoms with E-state index < -0.39 is 0 Å². The molecule has 150 valence electrons. The van der Waals surface area contributed by atoms with Crippen molar-refractivity contribution >= 4 is 33.8 Å². The fraction of sp³-hybridized carbons (Fsp3) is 0.273. The number of anilines is 3. The highest BCUT2D eigenvalue weighted by molar-refractivity contribution is 7.13. The molecule has 1 saturated heterocycles. The minimum Gasteiger partial charge on any atom is -0.367 e. The maximum absolute atomic E-state index is 12.8. The van der Waals surface area contributed by atoms with Gasteiger partial charge in [0.05, 0.1) is 11.4 Å². The van der Waals surface area contributed by atoms with Crippen LogP contribution in [0.3, 0.4) is 0 Å². The molecular formula is C22H25N5OS. The Hall–Kier alpha value is -2.90. The van der Waals surface area contributed by atoms with E-state index in [4.69, 9.17) is 0 Å². The number of hydrogen-bond acceptors (Lipinski definition) is 6. The number of amides is 1. The van der Waals surface area contributed by atoms with E-state index in [-0.39, 0.29) is 5.91 Å². The molecule has 1 aliphatic heterocycles. The third kappa shape index (κ3) is 4.75. The molecule has 0 radical (unpaired) electrons. The van der Waals surface area contributed by atoms with Crippen LogP contribution in [0.1, 0.15) is 16.1 Å². The standard InChI is InChI=1S/C22H25N5OS/c1-26(15-17-7-3-2-4-8-17)22-25-19(16-29-22)21(28)24-18-9-5-6-10-20(18)27-13-11-23-12-14-27/h2-10,16,23H,11-15H2,1H3,(H,24,28). The largest absolute Gasteiger partial charge is 0.367 e. The summed E-state index contributed by atoms with van der Waals surface area (Å²) in [5.74, 6) is -0.178. The summed E-state index contributed by atoms with van der Waals surface area (Å²) in [7, 11) is 1.99. The van der Waals surface area contributed by atoms with Crippen LogP contribution < -0.4 is 20.4 Å². The SMILES string of the molecule is CN(Cc1ccccc1)c1nc(C(=O)Nc2ccccc2N2CCNCC2)cs1. The molecule has 2 N–H and O–H groups in total. The van der Waals surface area contributed by atoms with E-state index in [2.05, 4.69) is 43.6 Å². The third-order valence-corrected chi connectivity index (χ3v) is 5.88. The van der Waals surface area contributed by atoms with E-state index in [1.54, 1.807) is 0 Å². The van der Waals surface area contributed by atoms with Crippen LogP contribution in [0.5, 0.6) is 0 Å². The lowest BCUT2D eigenvalue weighted by molar-refractivity contribution is 0.102. The van der Waals surface area contributed by atoms with Crippen LogP contribution in [-0.4, -0.2) is 44.1 Å². The van der Waals surface area contributed by atoms with Crippen molar-refractivity contribution in [2.24, 2.45) is 0 Å². The van der Waals surface area contributed by atoms with Gasteiger partial charge in [-0.3, -0.25) is 4.79 Å². The summed E-state index contributed by atoms with van der Waals surface area (Å²) in [5.41, 5.74) is 3.53. The molecule has 6 nitrogen and oxygen atoms in total. The van der Waals surface area contributed by atoms with Gasteiger partial charge in [0.25, 0.3) is 5.91 Å². The number of carbonyl (C=O) groups is 1. The van der Waals surface area contributed by atoms with Crippen LogP contribution >= 0.6 is 11.3 Å². The summed E-state index contributed by atoms with van der Waals surface area (Å²) in [6.07, 6.45) is 0. The van der Waals surface area contributed by atoms with Gasteiger partial charge in [-0.1, -0.05) is 42.5 Å². The number of nitrogens with zero attached hydrogens (tertiary/aromatic N) is 3. The van der Waals surface area contributed by atoms with Crippen molar-refractivity contribution in [3.05, 3.63) is 71.2 Å². The highest BCUT2D eigenvalue weighted by atomic mass is 32.1. The van der Waals surface area contributed by atoms with Gasteiger partial charge in [-0.15, -0.1) is 11.3 Å². The first-order chi connectivity index (χ1) is 14.2. The number of benzene rings is 2. The highest BCUT2D eigenvalue weighted by Gasteiger charge is 2.18. The molecule has 0 unspecified atom stereocenters. The Kier molecular flexibility index (Phi) is 6.07. The van der Waals surface area contributed by atoms with E-state index in [1.807, 2.05) is 48.8 Å². The fourth-order valence-electron chi connectivity index (χ4n) is 3.42. The zero-order chi connectivity index (χ0) is 20.1. The first-order valence-electron chi connectivity index (χ1n) is 9.77. The Morgan fingerprint density at radius 2 is 1.86 bits per heavy atom. The molecule has 0 aliphatic carbocycles. The third-order valence-electron chi connectivity index (χ3n) is 4.92. The number of rotatable bonds is 6. The summed E-state index contributed by atoms with van der Waals surface area (Å²) in [5, 5.41) is 9.06. The summed E-state index contributed by atoms with van der Waals surface area (Å²) in [6, 6.07) is 18.2. The van der Waals surface area contributed by atoms with E-state index in [0.29, 0.717) is 5.69 Å². The first-order valence-corrected chi connectivity index (χ1v) is 10.7. The monoisotopic (exact) mass is 407 g/mol. The van der Waals surface area contributed by atoms with Gasteiger partial charge in [0.1, 0.15) is 5.69 Å². The van der Waals surface area contributed by atoms with Crippen LogP contribution in [0.4, 0.5) is 16.5 Å². The minimum absolute atomic E-state index is 0.178. The molecule has 0 bridgehead atoms. The molecule has 4 rings (SSSR count). The second-order valence-electron chi connectivity index (χ2n) is 7.07. The van der Waals surface area contributed by atoms with Crippen molar-refractivity contribution in [1.82, 2.24) is 10.3 Å². The molecule has 29 heavy (non-hydrogen) atoms. The molecule has 1 fully saturated rings. The fourth-order valence-corrected chi connectivity index (χ4v) is 4.19. The van der Waals surface area contributed by atoms with Gasteiger partial charge < -0.3 is 20.4 Å². The molecular weight excluding hydrogens is 382 g/mol. The van der Waals surface area contributed by atoms with Gasteiger partial charge in [0.2, 0.25) is 0 Å². The number of carbonyl (C=O) groups excluding carboxylic acids is 1. The van der Waals surface area contributed by atoms with Gasteiger partial charge in [-0.25, -0.2) is 4.98 Å². The quantitative estimate of drug-likeness (QED) is 0.656. The van der Waals surface area contributed by atoms with Crippen molar-refractivity contribution < 1.29 is 4.79 Å². The van der Waals surface area contributed by atoms with E-state index >= 15 is 0 Å². The Balaban J connectivity index is 1.45. The van der Waals surface area contributed by atoms with Crippen LogP contribution in [0.25, 0.3) is 0 Å². The first kappa shape index (κ1) is 19.4. The molecule has 0 saturated carbocycles. The Labute approximate surface area is 175 Å². The maximum atomic E-state index is 12.8. The van der Waals surface area contributed by atoms with Gasteiger partial charge in [-0.05, 0) is 17.7 Å². The molecule has 1 aliphatic rings. The number of nitrogens with one attached hydrogen (secondary N) is 2. The zero-order valence-corrected chi connectivity index (χ0v) is 17.3. The number of piperazine rings is 1. The topological polar surface area (TPSA) is 60.5 Å². The van der Waals surface area contributed by atoms with E-state index in [1.165, 1.54) is 16.9 Å². The van der Waals surface area contributed by atoms with E-state index in [0.717, 1.165) is 49.2 Å². The predicted molar refractivity (Wildman–Crippen MR) is 120 cm³/mol. The van der Waals surface area contributed by atoms with Crippen molar-refractivity contribution in [3.63, 3.8) is 0 Å². The Morgan fingerprint density at radius 1 is 1.14 bits per heavy atom. The molecule has 7 heteroatoms. The lowest BCUT2D eigenvalue weighted by atomic mass is 10.2. The van der Waals surface area contributed by atoms with Crippen LogP contribution in [0.15, 0.2) is 60.0 Å². The van der Waals surface area contributed by atoms with Crippen molar-refractivity contribution in [3.8, 4) is 0 Å². The number of thiazole rings is 1. The molecule has 3 aromatic rings. The average Bonchev–Trinajstić information content (AvgIpc) is 3.26. The second-order valence-corrected chi connectivity index (χ2v) is 7.90. The Morgan fingerprint density at radius 3 is 2.66 bits per heavy atom. The van der Waals surface area contributed by atoms with Gasteiger partial charge in [0, 0.05) is 45.2 Å². The summed E-state index contributed by atoms with van der Waals surface area (Å²) in [4.78, 5) is 21.7. The highest BCUT2D eigenvalue weighted by Crippen LogP contribution is 2.27. The molecule has 2 aromatic carbocycles. The second kappa shape index (κ2) is 9.07. The lowest BCUT2D eigenvalue weighted by Crippen LogP contribution is -2.43. The predicted octanol–water partition coefficient (Wildman–Crippen LogP) is 3.44. The van der Waals surface area contributed by atoms with E-state index in [9.17, 15) is 4.79 Å². The van der Waals surface area contributed by atoms with Crippen LogP contribution in [0, 0.1) is 0 Å². The number of hydrogen-bond donors (Lipinski definition) is 2. The molecule has 1 aromatic heterocycles. The number of para-hydroxylation sites is 2. The summed E-state index contributed by atoms with van der Waals surface area (Å²) >= 11 is 1.48. The van der Waals surface area contributed by atoms with Crippen molar-refractivity contribution in [2.75, 3.05) is 48.3 Å². The molecule has 1 amide bonds. The molecule has 0 atom stereocenters. The van der Waals surface area contributed by atoms with Crippen LogP contribution in [-0.2, 0) is 6.54 Å². The Bertz CT molecular complexity index is 953. The number of aromatic nitrogens is 1. The van der Waals surface area contributed by atoms with Crippen molar-refractivity contribution in [2.45, 2.75) is 6.54 Å². The van der Waals surface area contributed by atoms with Crippen molar-refractivity contribution in [1.29, 1.82) is 0 Å². The average molecular weight is 408 g/mol. The lowest BCUT2D eigenvalue weighted by Gasteiger charge is -2.31. The maximum Gasteiger partial charge on any atom is 0.275 e. The van der Waals surface area contributed by atoms with Crippen LogP contribution in [0.2, 0.25) is 0 Å². The minimum atomic E-state index is -0.178. The normalized spacial score (nSPS) is 13.9. The van der Waals surface area contributed by atoms with Gasteiger partial charge in [-0.2, -0.15) is 0 Å². The summed E-state index contributed by atoms with van der Waals surface area (Å²) in [6.45, 7) is 4.51. The smallest absolute Gasteiger partial charge is 0.275 e.